The number of aliphatic carboxylic acids is 1. The molecule has 0 unspecified atom stereocenters. The number of fused-ring (bicyclic) bond motifs is 1. The number of aliphatic hydroxyl groups excluding tert-OH is 3. The predicted octanol–water partition coefficient (Wildman–Crippen LogP) is -7.71. The van der Waals surface area contributed by atoms with Crippen molar-refractivity contribution in [1.82, 2.24) is 90.1 Å². The van der Waals surface area contributed by atoms with E-state index in [0.717, 1.165) is 13.8 Å². The number of unbranched alkanes of at least 4 members (excludes halogenated alkanes) is 2. The number of para-hydroxylation sites is 1. The number of aromatic nitrogens is 1. The number of thiol groups is 2. The molecule has 0 aliphatic rings. The molecule has 0 spiro atoms. The number of hydrogen-bond donors (Lipinski definition) is 27. The van der Waals surface area contributed by atoms with Crippen LogP contribution in [0.2, 0.25) is 0 Å². The van der Waals surface area contributed by atoms with Gasteiger partial charge in [0, 0.05) is 54.3 Å². The zero-order chi connectivity index (χ0) is 94.7. The Morgan fingerprint density at radius 1 is 0.367 bits per heavy atom. The second kappa shape index (κ2) is 55.1. The van der Waals surface area contributed by atoms with E-state index in [1.807, 2.05) is 0 Å². The number of amides is 17. The van der Waals surface area contributed by atoms with Gasteiger partial charge < -0.3 is 133 Å². The van der Waals surface area contributed by atoms with E-state index in [0.29, 0.717) is 39.6 Å². The molecular formula is C83H117N21O22S2. The molecule has 29 N–H and O–H groups in total. The first-order chi connectivity index (χ1) is 60.9. The van der Waals surface area contributed by atoms with Gasteiger partial charge in [0.05, 0.1) is 44.9 Å². The highest BCUT2D eigenvalue weighted by molar-refractivity contribution is 7.80. The monoisotopic (exact) mass is 1820 g/mol. The summed E-state index contributed by atoms with van der Waals surface area (Å²) in [5.41, 5.74) is 25.0. The van der Waals surface area contributed by atoms with Gasteiger partial charge >= 0.3 is 5.97 Å². The van der Waals surface area contributed by atoms with E-state index >= 15 is 14.4 Å². The highest BCUT2D eigenvalue weighted by atomic mass is 32.1. The summed E-state index contributed by atoms with van der Waals surface area (Å²) in [5, 5.41) is 81.2. The van der Waals surface area contributed by atoms with E-state index in [1.54, 1.807) is 121 Å². The zero-order valence-electron chi connectivity index (χ0n) is 71.1. The summed E-state index contributed by atoms with van der Waals surface area (Å²) in [6.45, 7) is 2.40. The molecule has 0 saturated carbocycles. The third-order valence-corrected chi connectivity index (χ3v) is 20.6. The summed E-state index contributed by atoms with van der Waals surface area (Å²) in [6.07, 6.45) is -3.43. The molecule has 43 nitrogen and oxygen atoms in total. The minimum atomic E-state index is -1.93. The third kappa shape index (κ3) is 36.0. The summed E-state index contributed by atoms with van der Waals surface area (Å²) < 4.78 is 0. The maximum atomic E-state index is 15.4. The summed E-state index contributed by atoms with van der Waals surface area (Å²) in [7, 11) is 0. The molecule has 0 bridgehead atoms. The zero-order valence-corrected chi connectivity index (χ0v) is 72.8. The second-order valence-electron chi connectivity index (χ2n) is 30.1. The molecule has 16 atom stereocenters. The molecule has 45 heteroatoms. The van der Waals surface area contributed by atoms with Crippen molar-refractivity contribution in [3.63, 3.8) is 0 Å². The standard InChI is InChI=1S/C83H117N21O22S2/c1-44(92-71(113)45(2)91-66(110)39-89-65(109)37-86)70(112)90-40-67(111)93-62(42-127)80(122)95-54(28-16-18-30-84)72(114)99-60(36-64(87)108)77(119)97-56(32-48-20-8-5-9-21-48)74(116)96-57(33-49-22-10-6-11-23-49)75(117)98-59(35-51-38-88-53-27-15-14-26-52(51)53)76(118)94-55(29-17-19-31-85)73(115)103-68(46(3)106)81(123)100-58(34-50-24-12-7-13-25-50)78(120)104-69(47(4)107)82(124)101-61(41-105)79(121)102-63(43-128)83(125)126/h5-15,20-27,38,44-47,54-63,68-69,88,105-107,127-128H,16-19,28-37,39-43,84-86H2,1-4H3,(H2,87,108)(H,89,109)(H,90,112)(H,91,110)(H,92,113)(H,93,111)(H,94,118)(H,95,122)(H,96,116)(H,97,119)(H,98,117)(H,99,114)(H,100,123)(H,101,124)(H,102,121)(H,103,115)(H,104,120)(H,125,126)/t44-,45-,46+,47+,54-,55-,56-,57-,58-,59-,60-,61-,62-,63-,68-,69-/m0/s1. The average Bonchev–Trinajstić information content (AvgIpc) is 1.60. The second-order valence-corrected chi connectivity index (χ2v) is 30.8. The minimum absolute atomic E-state index is 0.109. The number of nitrogens with one attached hydrogen (secondary N) is 17. The van der Waals surface area contributed by atoms with Crippen molar-refractivity contribution >= 4 is 143 Å². The number of carboxylic acid groups (broad SMARTS) is 1. The van der Waals surface area contributed by atoms with Crippen LogP contribution in [0.5, 0.6) is 0 Å². The third-order valence-electron chi connectivity index (χ3n) is 19.8. The molecule has 1 aromatic heterocycles. The number of nitrogens with two attached hydrogens (primary N) is 4. The van der Waals surface area contributed by atoms with Crippen molar-refractivity contribution < 1.29 is 107 Å². The Balaban J connectivity index is 1.42. The van der Waals surface area contributed by atoms with Gasteiger partial charge in [0.2, 0.25) is 100 Å². The summed E-state index contributed by atoms with van der Waals surface area (Å²) in [5.74, 6) is -19.3. The van der Waals surface area contributed by atoms with Crippen molar-refractivity contribution in [2.24, 2.45) is 22.9 Å². The number of hydrogen-bond acceptors (Lipinski definition) is 26. The fourth-order valence-corrected chi connectivity index (χ4v) is 13.2. The van der Waals surface area contributed by atoms with Crippen molar-refractivity contribution in [1.29, 1.82) is 0 Å². The Hall–Kier alpha value is -12.7. The number of aliphatic hydroxyl groups is 3. The first-order valence-electron chi connectivity index (χ1n) is 41.2. The molecule has 128 heavy (non-hydrogen) atoms. The lowest BCUT2D eigenvalue weighted by Gasteiger charge is -2.29. The first kappa shape index (κ1) is 106. The van der Waals surface area contributed by atoms with Crippen molar-refractivity contribution in [2.75, 3.05) is 50.8 Å². The van der Waals surface area contributed by atoms with E-state index in [9.17, 15) is 92.3 Å². The highest BCUT2D eigenvalue weighted by Gasteiger charge is 2.40. The first-order valence-corrected chi connectivity index (χ1v) is 42.5. The van der Waals surface area contributed by atoms with Gasteiger partial charge in [-0.25, -0.2) is 4.79 Å². The van der Waals surface area contributed by atoms with Gasteiger partial charge in [-0.2, -0.15) is 25.3 Å². The number of carboxylic acids is 1. The maximum Gasteiger partial charge on any atom is 0.327 e. The van der Waals surface area contributed by atoms with Crippen LogP contribution in [0.1, 0.15) is 94.9 Å². The number of rotatable bonds is 56. The van der Waals surface area contributed by atoms with Crippen LogP contribution in [-0.2, 0) is 112 Å². The lowest BCUT2D eigenvalue weighted by atomic mass is 10.00. The minimum Gasteiger partial charge on any atom is -0.480 e. The Labute approximate surface area is 748 Å². The number of H-pyrrole nitrogens is 1. The molecule has 0 fully saturated rings. The van der Waals surface area contributed by atoms with Gasteiger partial charge in [0.15, 0.2) is 0 Å². The molecule has 0 aliphatic carbocycles. The van der Waals surface area contributed by atoms with Crippen LogP contribution in [0.4, 0.5) is 0 Å². The van der Waals surface area contributed by atoms with Crippen molar-refractivity contribution in [3.05, 3.63) is 144 Å². The van der Waals surface area contributed by atoms with Crippen molar-refractivity contribution in [2.45, 2.75) is 195 Å². The van der Waals surface area contributed by atoms with E-state index in [-0.39, 0.29) is 88.9 Å². The van der Waals surface area contributed by atoms with Gasteiger partial charge in [0.25, 0.3) is 0 Å². The molecule has 698 valence electrons. The van der Waals surface area contributed by atoms with Crippen LogP contribution >= 0.6 is 25.3 Å². The molecule has 5 rings (SSSR count). The number of primary amides is 1. The number of aromatic amines is 1. The maximum absolute atomic E-state index is 15.4. The number of carbonyl (C=O) groups is 18. The Bertz CT molecular complexity index is 4600. The van der Waals surface area contributed by atoms with Crippen LogP contribution in [0.15, 0.2) is 121 Å². The molecule has 4 aromatic carbocycles. The highest BCUT2D eigenvalue weighted by Crippen LogP contribution is 2.21. The lowest BCUT2D eigenvalue weighted by molar-refractivity contribution is -0.142. The molecule has 0 radical (unpaired) electrons. The molecule has 0 saturated heterocycles. The largest absolute Gasteiger partial charge is 0.480 e. The van der Waals surface area contributed by atoms with Crippen LogP contribution in [-0.4, -0.2) is 279 Å². The molecular weight excluding hydrogens is 1710 g/mol. The Morgan fingerprint density at radius 3 is 1.16 bits per heavy atom. The van der Waals surface area contributed by atoms with Crippen LogP contribution < -0.4 is 108 Å². The molecule has 17 amide bonds. The van der Waals surface area contributed by atoms with Crippen molar-refractivity contribution in [3.8, 4) is 0 Å². The van der Waals surface area contributed by atoms with E-state index in [2.05, 4.69) is 115 Å². The summed E-state index contributed by atoms with van der Waals surface area (Å²) in [4.78, 5) is 250. The summed E-state index contributed by atoms with van der Waals surface area (Å²) >= 11 is 8.11. The van der Waals surface area contributed by atoms with Gasteiger partial charge in [0.1, 0.15) is 84.6 Å². The van der Waals surface area contributed by atoms with Gasteiger partial charge in [-0.3, -0.25) is 81.5 Å². The van der Waals surface area contributed by atoms with Crippen LogP contribution in [0.3, 0.4) is 0 Å². The normalized spacial score (nSPS) is 14.8. The van der Waals surface area contributed by atoms with Crippen LogP contribution in [0.25, 0.3) is 10.9 Å². The van der Waals surface area contributed by atoms with Gasteiger partial charge in [-0.05, 0) is 108 Å². The Kier molecular flexibility index (Phi) is 45.5. The predicted molar refractivity (Wildman–Crippen MR) is 471 cm³/mol. The van der Waals surface area contributed by atoms with Gasteiger partial charge in [-0.1, -0.05) is 109 Å². The van der Waals surface area contributed by atoms with E-state index < -0.39 is 229 Å². The molecule has 1 heterocycles. The molecule has 0 aliphatic heterocycles. The molecule has 5 aromatic rings. The number of carbonyl (C=O) groups excluding carboxylic acids is 17. The summed E-state index contributed by atoms with van der Waals surface area (Å²) in [6, 6.07) is 8.67. The van der Waals surface area contributed by atoms with E-state index in [1.165, 1.54) is 13.8 Å². The quantitative estimate of drug-likeness (QED) is 0.0127. The lowest BCUT2D eigenvalue weighted by Crippen LogP contribution is -2.63. The smallest absolute Gasteiger partial charge is 0.327 e. The fourth-order valence-electron chi connectivity index (χ4n) is 12.7. The SMILES string of the molecule is C[C@H](NC(=O)CNC(=O)CN)C(=O)N[C@@H](C)C(=O)NCC(=O)N[C@@H](CS)C(=O)N[C@@H](CCCCN)C(=O)N[C@@H](CC(N)=O)C(=O)N[C@@H](Cc1ccccc1)C(=O)N[C@@H](Cc1ccccc1)C(=O)N[C@@H](Cc1c[nH]c2ccccc12)C(=O)N[C@@H](CCCCN)C(=O)N[C@H](C(=O)N[C@@H](Cc1ccccc1)C(=O)N[C@H](C(=O)N[C@@H](CO)C(=O)N[C@@H](CS)C(=O)O)[C@@H](C)O)[C@@H](C)O. The van der Waals surface area contributed by atoms with E-state index in [4.69, 9.17) is 22.9 Å². The number of benzene rings is 4. The van der Waals surface area contributed by atoms with Gasteiger partial charge in [-0.15, -0.1) is 0 Å². The topological polar surface area (TPSA) is 701 Å². The van der Waals surface area contributed by atoms with Crippen LogP contribution in [0, 0.1) is 0 Å². The fraction of sp³-hybridized carbons (Fsp3) is 0.470. The average molecular weight is 1830 g/mol. The Morgan fingerprint density at radius 2 is 0.727 bits per heavy atom.